The van der Waals surface area contributed by atoms with Crippen molar-refractivity contribution in [3.05, 3.63) is 41.8 Å². The number of urea groups is 1. The molecule has 0 unspecified atom stereocenters. The van der Waals surface area contributed by atoms with Gasteiger partial charge in [-0.15, -0.1) is 0 Å². The van der Waals surface area contributed by atoms with Gasteiger partial charge < -0.3 is 15.2 Å². The molecule has 118 valence electrons. The summed E-state index contributed by atoms with van der Waals surface area (Å²) in [7, 11) is 0. The first-order valence-corrected chi connectivity index (χ1v) is 7.64. The summed E-state index contributed by atoms with van der Waals surface area (Å²) in [4.78, 5) is 25.4. The SMILES string of the molecule is O=C(Nc1ccc(N2CCNC2=O)cc1)c1cc(C2CC2)on1. The van der Waals surface area contributed by atoms with E-state index in [4.69, 9.17) is 4.52 Å². The number of amides is 3. The summed E-state index contributed by atoms with van der Waals surface area (Å²) < 4.78 is 5.18. The summed E-state index contributed by atoms with van der Waals surface area (Å²) in [6, 6.07) is 8.74. The van der Waals surface area contributed by atoms with Gasteiger partial charge in [-0.25, -0.2) is 4.79 Å². The molecule has 1 saturated heterocycles. The second kappa shape index (κ2) is 5.42. The van der Waals surface area contributed by atoms with E-state index in [2.05, 4.69) is 15.8 Å². The van der Waals surface area contributed by atoms with Gasteiger partial charge in [0.25, 0.3) is 5.91 Å². The van der Waals surface area contributed by atoms with Gasteiger partial charge >= 0.3 is 6.03 Å². The predicted molar refractivity (Wildman–Crippen MR) is 83.6 cm³/mol. The third-order valence-corrected chi connectivity index (χ3v) is 4.03. The van der Waals surface area contributed by atoms with Crippen LogP contribution in [0, 0.1) is 0 Å². The van der Waals surface area contributed by atoms with Crippen LogP contribution in [0.4, 0.5) is 16.2 Å². The van der Waals surface area contributed by atoms with Gasteiger partial charge in [0.2, 0.25) is 0 Å². The zero-order chi connectivity index (χ0) is 15.8. The molecule has 1 saturated carbocycles. The van der Waals surface area contributed by atoms with Crippen LogP contribution in [0.3, 0.4) is 0 Å². The quantitative estimate of drug-likeness (QED) is 0.907. The maximum Gasteiger partial charge on any atom is 0.321 e. The minimum absolute atomic E-state index is 0.100. The zero-order valence-corrected chi connectivity index (χ0v) is 12.4. The number of hydrogen-bond acceptors (Lipinski definition) is 4. The average molecular weight is 312 g/mol. The third-order valence-electron chi connectivity index (χ3n) is 4.03. The molecule has 23 heavy (non-hydrogen) atoms. The number of carbonyl (C=O) groups excluding carboxylic acids is 2. The Labute approximate surface area is 132 Å². The van der Waals surface area contributed by atoms with Crippen molar-refractivity contribution in [2.75, 3.05) is 23.3 Å². The zero-order valence-electron chi connectivity index (χ0n) is 12.4. The van der Waals surface area contributed by atoms with Crippen molar-refractivity contribution in [1.82, 2.24) is 10.5 Å². The number of carbonyl (C=O) groups is 2. The molecule has 1 aliphatic carbocycles. The van der Waals surface area contributed by atoms with Gasteiger partial charge in [0.15, 0.2) is 5.69 Å². The van der Waals surface area contributed by atoms with Crippen LogP contribution in [0.5, 0.6) is 0 Å². The van der Waals surface area contributed by atoms with Crippen LogP contribution in [0.1, 0.15) is 35.0 Å². The van der Waals surface area contributed by atoms with E-state index in [0.717, 1.165) is 24.3 Å². The van der Waals surface area contributed by atoms with Gasteiger partial charge in [0, 0.05) is 36.4 Å². The fraction of sp³-hybridized carbons (Fsp3) is 0.312. The molecule has 3 amide bonds. The van der Waals surface area contributed by atoms with E-state index in [0.29, 0.717) is 24.7 Å². The maximum atomic E-state index is 12.2. The molecule has 0 radical (unpaired) electrons. The number of anilines is 2. The molecular weight excluding hydrogens is 296 g/mol. The van der Waals surface area contributed by atoms with E-state index in [1.165, 1.54) is 0 Å². The van der Waals surface area contributed by atoms with Crippen molar-refractivity contribution in [3.8, 4) is 0 Å². The lowest BCUT2D eigenvalue weighted by Crippen LogP contribution is -2.27. The van der Waals surface area contributed by atoms with E-state index in [1.807, 2.05) is 0 Å². The van der Waals surface area contributed by atoms with E-state index < -0.39 is 0 Å². The normalized spacial score (nSPS) is 17.2. The van der Waals surface area contributed by atoms with Gasteiger partial charge in [-0.05, 0) is 37.1 Å². The Balaban J connectivity index is 1.43. The van der Waals surface area contributed by atoms with E-state index >= 15 is 0 Å². The Morgan fingerprint density at radius 3 is 2.74 bits per heavy atom. The summed E-state index contributed by atoms with van der Waals surface area (Å²) in [5.41, 5.74) is 1.74. The van der Waals surface area contributed by atoms with Crippen molar-refractivity contribution >= 4 is 23.3 Å². The van der Waals surface area contributed by atoms with Crippen LogP contribution < -0.4 is 15.5 Å². The lowest BCUT2D eigenvalue weighted by Gasteiger charge is -2.14. The highest BCUT2D eigenvalue weighted by Gasteiger charge is 2.29. The molecule has 1 aromatic heterocycles. The second-order valence-corrected chi connectivity index (χ2v) is 5.77. The van der Waals surface area contributed by atoms with Crippen LogP contribution in [0.2, 0.25) is 0 Å². The Morgan fingerprint density at radius 1 is 1.30 bits per heavy atom. The monoisotopic (exact) mass is 312 g/mol. The van der Waals surface area contributed by atoms with Crippen LogP contribution in [-0.4, -0.2) is 30.2 Å². The standard InChI is InChI=1S/C16H16N4O3/c21-15(13-9-14(23-19-13)10-1-2-10)18-11-3-5-12(6-4-11)20-8-7-17-16(20)22/h3-6,9-10H,1-2,7-8H2,(H,17,22)(H,18,21). The number of nitrogens with zero attached hydrogens (tertiary/aromatic N) is 2. The third kappa shape index (κ3) is 2.77. The largest absolute Gasteiger partial charge is 0.360 e. The highest BCUT2D eigenvalue weighted by molar-refractivity contribution is 6.03. The van der Waals surface area contributed by atoms with Gasteiger partial charge in [-0.3, -0.25) is 9.69 Å². The Kier molecular flexibility index (Phi) is 3.25. The molecule has 0 bridgehead atoms. The molecule has 1 aromatic carbocycles. The fourth-order valence-corrected chi connectivity index (χ4v) is 2.59. The second-order valence-electron chi connectivity index (χ2n) is 5.77. The molecule has 7 heteroatoms. The number of nitrogens with one attached hydrogen (secondary N) is 2. The Morgan fingerprint density at radius 2 is 2.09 bits per heavy atom. The number of benzene rings is 1. The van der Waals surface area contributed by atoms with Crippen LogP contribution in [0.25, 0.3) is 0 Å². The van der Waals surface area contributed by atoms with E-state index in [9.17, 15) is 9.59 Å². The van der Waals surface area contributed by atoms with Crippen molar-refractivity contribution in [1.29, 1.82) is 0 Å². The predicted octanol–water partition coefficient (Wildman–Crippen LogP) is 2.33. The van der Waals surface area contributed by atoms with Crippen molar-refractivity contribution < 1.29 is 14.1 Å². The highest BCUT2D eigenvalue weighted by atomic mass is 16.5. The molecule has 2 heterocycles. The summed E-state index contributed by atoms with van der Waals surface area (Å²) in [5, 5.41) is 9.35. The first-order valence-electron chi connectivity index (χ1n) is 7.64. The molecule has 1 aliphatic heterocycles. The summed E-state index contributed by atoms with van der Waals surface area (Å²) in [6.07, 6.45) is 2.20. The van der Waals surface area contributed by atoms with Crippen molar-refractivity contribution in [2.45, 2.75) is 18.8 Å². The smallest absolute Gasteiger partial charge is 0.321 e. The molecule has 7 nitrogen and oxygen atoms in total. The molecule has 2 N–H and O–H groups in total. The maximum absolute atomic E-state index is 12.2. The number of aromatic nitrogens is 1. The van der Waals surface area contributed by atoms with Gasteiger partial charge in [-0.1, -0.05) is 5.16 Å². The lowest BCUT2D eigenvalue weighted by molar-refractivity contribution is 0.101. The van der Waals surface area contributed by atoms with Crippen LogP contribution in [0.15, 0.2) is 34.9 Å². The first kappa shape index (κ1) is 13.8. The fourth-order valence-electron chi connectivity index (χ4n) is 2.59. The van der Waals surface area contributed by atoms with Crippen molar-refractivity contribution in [2.24, 2.45) is 0 Å². The van der Waals surface area contributed by atoms with E-state index in [1.54, 1.807) is 35.2 Å². The van der Waals surface area contributed by atoms with E-state index in [-0.39, 0.29) is 17.6 Å². The Hall–Kier alpha value is -2.83. The van der Waals surface area contributed by atoms with Crippen LogP contribution in [-0.2, 0) is 0 Å². The van der Waals surface area contributed by atoms with Gasteiger partial charge in [-0.2, -0.15) is 0 Å². The average Bonchev–Trinajstić information content (AvgIpc) is 3.12. The first-order chi connectivity index (χ1) is 11.2. The lowest BCUT2D eigenvalue weighted by atomic mass is 10.2. The summed E-state index contributed by atoms with van der Waals surface area (Å²) in [6.45, 7) is 1.29. The topological polar surface area (TPSA) is 87.5 Å². The van der Waals surface area contributed by atoms with Crippen molar-refractivity contribution in [3.63, 3.8) is 0 Å². The molecule has 2 fully saturated rings. The molecule has 2 aromatic rings. The number of rotatable bonds is 4. The summed E-state index contributed by atoms with van der Waals surface area (Å²) in [5.74, 6) is 0.910. The molecule has 0 atom stereocenters. The minimum atomic E-state index is -0.299. The minimum Gasteiger partial charge on any atom is -0.360 e. The molecule has 2 aliphatic rings. The molecule has 4 rings (SSSR count). The molecular formula is C16H16N4O3. The highest BCUT2D eigenvalue weighted by Crippen LogP contribution is 2.40. The van der Waals surface area contributed by atoms with Crippen LogP contribution >= 0.6 is 0 Å². The Bertz CT molecular complexity index is 749. The molecule has 0 spiro atoms. The summed E-state index contributed by atoms with van der Waals surface area (Å²) >= 11 is 0. The van der Waals surface area contributed by atoms with Gasteiger partial charge in [0.05, 0.1) is 0 Å². The van der Waals surface area contributed by atoms with Gasteiger partial charge in [0.1, 0.15) is 5.76 Å². The number of hydrogen-bond donors (Lipinski definition) is 2.